The molecule has 116 valence electrons. The summed E-state index contributed by atoms with van der Waals surface area (Å²) in [7, 11) is 0. The smallest absolute Gasteiger partial charge is 0.231 e. The number of carbonyl (C=O) groups excluding carboxylic acids is 1. The molecule has 8 heteroatoms. The van der Waals surface area contributed by atoms with Gasteiger partial charge in [0.05, 0.1) is 11.8 Å². The van der Waals surface area contributed by atoms with Gasteiger partial charge in [-0.15, -0.1) is 10.2 Å². The van der Waals surface area contributed by atoms with Crippen LogP contribution in [0.2, 0.25) is 0 Å². The first-order chi connectivity index (χ1) is 9.71. The summed E-state index contributed by atoms with van der Waals surface area (Å²) in [5.74, 6) is 0.299. The molecule has 0 aliphatic carbocycles. The lowest BCUT2D eigenvalue weighted by atomic mass is 9.90. The lowest BCUT2D eigenvalue weighted by molar-refractivity contribution is -0.120. The van der Waals surface area contributed by atoms with Crippen molar-refractivity contribution in [2.24, 2.45) is 5.92 Å². The first-order valence-electron chi connectivity index (χ1n) is 6.76. The van der Waals surface area contributed by atoms with Gasteiger partial charge < -0.3 is 11.1 Å². The Bertz CT molecular complexity index is 547. The molecule has 1 heterocycles. The van der Waals surface area contributed by atoms with E-state index in [0.717, 1.165) is 0 Å². The van der Waals surface area contributed by atoms with E-state index in [0.29, 0.717) is 11.1 Å². The van der Waals surface area contributed by atoms with Crippen molar-refractivity contribution in [2.75, 3.05) is 11.5 Å². The zero-order valence-electron chi connectivity index (χ0n) is 13.0. The summed E-state index contributed by atoms with van der Waals surface area (Å²) in [6.45, 7) is 9.44. The van der Waals surface area contributed by atoms with E-state index in [1.54, 1.807) is 11.5 Å². The lowest BCUT2D eigenvalue weighted by Crippen LogP contribution is -2.49. The topological polar surface area (TPSA) is 110 Å². The molecule has 21 heavy (non-hydrogen) atoms. The minimum atomic E-state index is -0.873. The Labute approximate surface area is 129 Å². The number of nitrogen functional groups attached to an aromatic ring is 1. The molecule has 0 aliphatic rings. The van der Waals surface area contributed by atoms with Crippen LogP contribution in [0.25, 0.3) is 0 Å². The molecule has 0 saturated heterocycles. The molecule has 1 amide bonds. The minimum Gasteiger partial charge on any atom is -0.368 e. The average Bonchev–Trinajstić information content (AvgIpc) is 2.77. The van der Waals surface area contributed by atoms with Crippen LogP contribution in [-0.2, 0) is 4.79 Å². The number of anilines is 1. The summed E-state index contributed by atoms with van der Waals surface area (Å²) in [6.07, 6.45) is 0. The fourth-order valence-corrected chi connectivity index (χ4v) is 2.50. The zero-order valence-corrected chi connectivity index (χ0v) is 13.9. The molecule has 0 bridgehead atoms. The van der Waals surface area contributed by atoms with Crippen molar-refractivity contribution in [3.8, 4) is 6.07 Å². The second-order valence-corrected chi connectivity index (χ2v) is 6.55. The second-order valence-electron chi connectivity index (χ2n) is 5.61. The Hall–Kier alpha value is -1.75. The highest BCUT2D eigenvalue weighted by Crippen LogP contribution is 2.23. The number of aromatic nitrogens is 3. The van der Waals surface area contributed by atoms with E-state index in [1.165, 1.54) is 11.8 Å². The summed E-state index contributed by atoms with van der Waals surface area (Å²) >= 11 is 1.26. The van der Waals surface area contributed by atoms with Gasteiger partial charge in [0.15, 0.2) is 5.16 Å². The number of nitrogens with zero attached hydrogens (tertiary/aromatic N) is 4. The standard InChI is InChI=1S/C13H22N6OS/c1-8(2)13(5,7-14)16-10(20)6-21-12-18-17-11(15)19(12)9(3)4/h8-9H,6H2,1-5H3,(H2,15,17)(H,16,20). The number of rotatable bonds is 6. The number of carbonyl (C=O) groups is 1. The van der Waals surface area contributed by atoms with Crippen LogP contribution in [0.1, 0.15) is 40.7 Å². The van der Waals surface area contributed by atoms with Crippen LogP contribution in [0.15, 0.2) is 5.16 Å². The molecule has 0 saturated carbocycles. The molecule has 0 aliphatic heterocycles. The van der Waals surface area contributed by atoms with Crippen LogP contribution in [0.5, 0.6) is 0 Å². The van der Waals surface area contributed by atoms with Crippen LogP contribution >= 0.6 is 11.8 Å². The molecule has 1 rings (SSSR count). The predicted octanol–water partition coefficient (Wildman–Crippen LogP) is 1.59. The van der Waals surface area contributed by atoms with Gasteiger partial charge in [-0.3, -0.25) is 9.36 Å². The maximum atomic E-state index is 12.0. The molecular weight excluding hydrogens is 288 g/mol. The lowest BCUT2D eigenvalue weighted by Gasteiger charge is -2.27. The fourth-order valence-electron chi connectivity index (χ4n) is 1.63. The first-order valence-corrected chi connectivity index (χ1v) is 7.75. The number of thioether (sulfide) groups is 1. The highest BCUT2D eigenvalue weighted by Gasteiger charge is 2.30. The molecule has 0 radical (unpaired) electrons. The molecule has 0 spiro atoms. The van der Waals surface area contributed by atoms with E-state index in [1.807, 2.05) is 27.7 Å². The molecule has 7 nitrogen and oxygen atoms in total. The number of amides is 1. The Kier molecular flexibility index (Phi) is 5.61. The van der Waals surface area contributed by atoms with Crippen molar-refractivity contribution in [2.45, 2.75) is 51.4 Å². The minimum absolute atomic E-state index is 0.0198. The Morgan fingerprint density at radius 3 is 2.57 bits per heavy atom. The molecule has 0 aromatic carbocycles. The summed E-state index contributed by atoms with van der Waals surface area (Å²) in [4.78, 5) is 12.0. The highest BCUT2D eigenvalue weighted by atomic mass is 32.2. The van der Waals surface area contributed by atoms with Crippen molar-refractivity contribution in [3.05, 3.63) is 0 Å². The molecule has 3 N–H and O–H groups in total. The molecule has 1 aromatic rings. The van der Waals surface area contributed by atoms with Crippen LogP contribution < -0.4 is 11.1 Å². The summed E-state index contributed by atoms with van der Waals surface area (Å²) < 4.78 is 1.77. The summed E-state index contributed by atoms with van der Waals surface area (Å²) in [5, 5.41) is 20.3. The van der Waals surface area contributed by atoms with E-state index < -0.39 is 5.54 Å². The number of nitriles is 1. The van der Waals surface area contributed by atoms with Gasteiger partial charge in [0, 0.05) is 6.04 Å². The van der Waals surface area contributed by atoms with Gasteiger partial charge in [-0.05, 0) is 26.7 Å². The van der Waals surface area contributed by atoms with Crippen molar-refractivity contribution in [1.29, 1.82) is 5.26 Å². The fraction of sp³-hybridized carbons (Fsp3) is 0.692. The summed E-state index contributed by atoms with van der Waals surface area (Å²) in [5.41, 5.74) is 4.87. The number of nitrogens with one attached hydrogen (secondary N) is 1. The Balaban J connectivity index is 2.69. The van der Waals surface area contributed by atoms with Crippen molar-refractivity contribution >= 4 is 23.6 Å². The second kappa shape index (κ2) is 6.80. The third-order valence-electron chi connectivity index (χ3n) is 3.33. The van der Waals surface area contributed by atoms with Crippen LogP contribution in [0, 0.1) is 17.2 Å². The van der Waals surface area contributed by atoms with E-state index in [9.17, 15) is 10.1 Å². The van der Waals surface area contributed by atoms with Crippen LogP contribution in [0.4, 0.5) is 5.95 Å². The highest BCUT2D eigenvalue weighted by molar-refractivity contribution is 7.99. The Morgan fingerprint density at radius 2 is 2.10 bits per heavy atom. The normalized spacial score (nSPS) is 14.0. The molecule has 1 aromatic heterocycles. The average molecular weight is 310 g/mol. The van der Waals surface area contributed by atoms with E-state index in [4.69, 9.17) is 5.73 Å². The summed E-state index contributed by atoms with van der Waals surface area (Å²) in [6, 6.07) is 2.26. The van der Waals surface area contributed by atoms with Gasteiger partial charge in [-0.1, -0.05) is 25.6 Å². The monoisotopic (exact) mass is 310 g/mol. The number of nitrogens with two attached hydrogens (primary N) is 1. The van der Waals surface area contributed by atoms with Crippen molar-refractivity contribution < 1.29 is 4.79 Å². The quantitative estimate of drug-likeness (QED) is 0.772. The van der Waals surface area contributed by atoms with Crippen LogP contribution in [0.3, 0.4) is 0 Å². The molecular formula is C13H22N6OS. The maximum Gasteiger partial charge on any atom is 0.231 e. The largest absolute Gasteiger partial charge is 0.368 e. The van der Waals surface area contributed by atoms with Gasteiger partial charge >= 0.3 is 0 Å². The molecule has 1 atom stereocenters. The first kappa shape index (κ1) is 17.3. The Morgan fingerprint density at radius 1 is 1.48 bits per heavy atom. The van der Waals surface area contributed by atoms with E-state index >= 15 is 0 Å². The van der Waals surface area contributed by atoms with E-state index in [-0.39, 0.29) is 23.6 Å². The predicted molar refractivity (Wildman–Crippen MR) is 82.5 cm³/mol. The zero-order chi connectivity index (χ0) is 16.2. The molecule has 1 unspecified atom stereocenters. The third kappa shape index (κ3) is 4.11. The maximum absolute atomic E-state index is 12.0. The van der Waals surface area contributed by atoms with Gasteiger partial charge in [0.1, 0.15) is 5.54 Å². The van der Waals surface area contributed by atoms with Crippen LogP contribution in [-0.4, -0.2) is 32.0 Å². The van der Waals surface area contributed by atoms with Crippen molar-refractivity contribution in [3.63, 3.8) is 0 Å². The van der Waals surface area contributed by atoms with Gasteiger partial charge in [0.2, 0.25) is 11.9 Å². The SMILES string of the molecule is CC(C)n1c(N)nnc1SCC(=O)NC(C)(C#N)C(C)C. The van der Waals surface area contributed by atoms with Gasteiger partial charge in [0.25, 0.3) is 0 Å². The molecule has 0 fully saturated rings. The van der Waals surface area contributed by atoms with E-state index in [2.05, 4.69) is 21.6 Å². The van der Waals surface area contributed by atoms with Gasteiger partial charge in [-0.25, -0.2) is 0 Å². The third-order valence-corrected chi connectivity index (χ3v) is 4.27. The van der Waals surface area contributed by atoms with Gasteiger partial charge in [-0.2, -0.15) is 5.26 Å². The van der Waals surface area contributed by atoms with Crippen molar-refractivity contribution in [1.82, 2.24) is 20.1 Å². The number of hydrogen-bond donors (Lipinski definition) is 2. The number of hydrogen-bond acceptors (Lipinski definition) is 6.